The van der Waals surface area contributed by atoms with Gasteiger partial charge >= 0.3 is 0 Å². The van der Waals surface area contributed by atoms with Crippen LogP contribution in [0.2, 0.25) is 0 Å². The van der Waals surface area contributed by atoms with Crippen molar-refractivity contribution in [3.8, 4) is 0 Å². The van der Waals surface area contributed by atoms with Gasteiger partial charge in [-0.05, 0) is 31.6 Å². The molecule has 1 fully saturated rings. The van der Waals surface area contributed by atoms with E-state index in [0.717, 1.165) is 19.4 Å². The third-order valence-electron chi connectivity index (χ3n) is 2.64. The van der Waals surface area contributed by atoms with Gasteiger partial charge in [-0.25, -0.2) is 0 Å². The Balaban J connectivity index is 2.30. The summed E-state index contributed by atoms with van der Waals surface area (Å²) in [6.45, 7) is 5.26. The van der Waals surface area contributed by atoms with Gasteiger partial charge in [-0.3, -0.25) is 4.79 Å². The van der Waals surface area contributed by atoms with E-state index in [1.807, 2.05) is 0 Å². The molecule has 1 aliphatic carbocycles. The van der Waals surface area contributed by atoms with Crippen molar-refractivity contribution < 1.29 is 4.79 Å². The zero-order valence-electron chi connectivity index (χ0n) is 9.84. The summed E-state index contributed by atoms with van der Waals surface area (Å²) in [5.41, 5.74) is 0. The first-order valence-electron chi connectivity index (χ1n) is 6.00. The van der Waals surface area contributed by atoms with Crippen LogP contribution >= 0.6 is 11.6 Å². The molecule has 0 bridgehead atoms. The first-order chi connectivity index (χ1) is 7.15. The van der Waals surface area contributed by atoms with Crippen molar-refractivity contribution in [2.24, 2.45) is 5.92 Å². The van der Waals surface area contributed by atoms with Crippen LogP contribution < -0.4 is 0 Å². The number of amides is 1. The summed E-state index contributed by atoms with van der Waals surface area (Å²) in [4.78, 5) is 14.0. The Morgan fingerprint density at radius 1 is 1.40 bits per heavy atom. The van der Waals surface area contributed by atoms with Crippen molar-refractivity contribution in [3.63, 3.8) is 0 Å². The van der Waals surface area contributed by atoms with Gasteiger partial charge in [-0.1, -0.05) is 13.8 Å². The maximum atomic E-state index is 11.9. The number of alkyl halides is 1. The van der Waals surface area contributed by atoms with Crippen LogP contribution in [0.15, 0.2) is 0 Å². The average Bonchev–Trinajstić information content (AvgIpc) is 2.97. The van der Waals surface area contributed by atoms with E-state index < -0.39 is 0 Å². The van der Waals surface area contributed by atoms with Gasteiger partial charge in [0.2, 0.25) is 5.91 Å². The summed E-state index contributed by atoms with van der Waals surface area (Å²) in [7, 11) is 0. The molecule has 0 atom stereocenters. The van der Waals surface area contributed by atoms with E-state index in [-0.39, 0.29) is 0 Å². The summed E-state index contributed by atoms with van der Waals surface area (Å²) in [5.74, 6) is 1.57. The number of halogens is 1. The Morgan fingerprint density at radius 2 is 2.07 bits per heavy atom. The molecule has 1 rings (SSSR count). The number of hydrogen-bond donors (Lipinski definition) is 0. The Labute approximate surface area is 98.0 Å². The Bertz CT molecular complexity index is 202. The number of rotatable bonds is 7. The minimum absolute atomic E-state index is 0.330. The molecule has 0 aromatic carbocycles. The molecular formula is C12H22ClNO. The monoisotopic (exact) mass is 231 g/mol. The molecule has 0 heterocycles. The maximum Gasteiger partial charge on any atom is 0.222 e. The van der Waals surface area contributed by atoms with E-state index in [4.69, 9.17) is 11.6 Å². The normalized spacial score (nSPS) is 15.7. The van der Waals surface area contributed by atoms with Gasteiger partial charge in [0, 0.05) is 24.9 Å². The van der Waals surface area contributed by atoms with Crippen molar-refractivity contribution >= 4 is 17.5 Å². The van der Waals surface area contributed by atoms with Crippen molar-refractivity contribution in [1.82, 2.24) is 4.90 Å². The number of unbranched alkanes of at least 4 members (excludes halogenated alkanes) is 1. The standard InChI is InChI=1S/C12H22ClNO/c1-10(2)9-14(11-6-7-11)12(15)5-3-4-8-13/h10-11H,3-9H2,1-2H3. The molecule has 0 saturated heterocycles. The molecule has 1 saturated carbocycles. The summed E-state index contributed by atoms with van der Waals surface area (Å²) >= 11 is 5.60. The van der Waals surface area contributed by atoms with Gasteiger partial charge < -0.3 is 4.90 Å². The fourth-order valence-electron chi connectivity index (χ4n) is 1.75. The van der Waals surface area contributed by atoms with Crippen LogP contribution in [-0.2, 0) is 4.79 Å². The maximum absolute atomic E-state index is 11.9. The molecule has 0 aromatic rings. The van der Waals surface area contributed by atoms with E-state index in [1.54, 1.807) is 0 Å². The van der Waals surface area contributed by atoms with Gasteiger partial charge in [-0.15, -0.1) is 11.6 Å². The number of hydrogen-bond acceptors (Lipinski definition) is 1. The first kappa shape index (κ1) is 12.8. The molecule has 2 nitrogen and oxygen atoms in total. The van der Waals surface area contributed by atoms with Crippen LogP contribution in [0.3, 0.4) is 0 Å². The van der Waals surface area contributed by atoms with Crippen LogP contribution in [-0.4, -0.2) is 29.3 Å². The van der Waals surface area contributed by atoms with Gasteiger partial charge in [0.25, 0.3) is 0 Å². The van der Waals surface area contributed by atoms with Gasteiger partial charge in [0.05, 0.1) is 0 Å². The zero-order valence-corrected chi connectivity index (χ0v) is 10.6. The lowest BCUT2D eigenvalue weighted by Gasteiger charge is -2.24. The molecule has 88 valence electrons. The van der Waals surface area contributed by atoms with Gasteiger partial charge in [-0.2, -0.15) is 0 Å². The fourth-order valence-corrected chi connectivity index (χ4v) is 1.94. The molecule has 0 N–H and O–H groups in total. The van der Waals surface area contributed by atoms with Crippen LogP contribution in [0.1, 0.15) is 46.0 Å². The Kier molecular flexibility index (Phi) is 5.44. The molecule has 0 spiro atoms. The fraction of sp³-hybridized carbons (Fsp3) is 0.917. The number of nitrogens with zero attached hydrogens (tertiary/aromatic N) is 1. The second-order valence-electron chi connectivity index (χ2n) is 4.82. The summed E-state index contributed by atoms with van der Waals surface area (Å²) in [6.07, 6.45) is 4.97. The highest BCUT2D eigenvalue weighted by atomic mass is 35.5. The number of carbonyl (C=O) groups excluding carboxylic acids is 1. The second-order valence-corrected chi connectivity index (χ2v) is 5.20. The van der Waals surface area contributed by atoms with Crippen molar-refractivity contribution in [2.45, 2.75) is 52.0 Å². The van der Waals surface area contributed by atoms with Crippen LogP contribution in [0.5, 0.6) is 0 Å². The SMILES string of the molecule is CC(C)CN(C(=O)CCCCCl)C1CC1. The molecule has 1 aliphatic rings. The highest BCUT2D eigenvalue weighted by Gasteiger charge is 2.32. The van der Waals surface area contributed by atoms with Crippen LogP contribution in [0.25, 0.3) is 0 Å². The third-order valence-corrected chi connectivity index (χ3v) is 2.91. The zero-order chi connectivity index (χ0) is 11.3. The van der Waals surface area contributed by atoms with Gasteiger partial charge in [0.1, 0.15) is 0 Å². The van der Waals surface area contributed by atoms with E-state index >= 15 is 0 Å². The minimum Gasteiger partial charge on any atom is -0.339 e. The Morgan fingerprint density at radius 3 is 2.53 bits per heavy atom. The molecule has 3 heteroatoms. The van der Waals surface area contributed by atoms with Crippen molar-refractivity contribution in [1.29, 1.82) is 0 Å². The number of carbonyl (C=O) groups is 1. The van der Waals surface area contributed by atoms with E-state index in [9.17, 15) is 4.79 Å². The lowest BCUT2D eigenvalue weighted by molar-refractivity contribution is -0.132. The molecule has 1 amide bonds. The largest absolute Gasteiger partial charge is 0.339 e. The predicted molar refractivity (Wildman–Crippen MR) is 64.1 cm³/mol. The average molecular weight is 232 g/mol. The predicted octanol–water partition coefficient (Wildman–Crippen LogP) is 3.04. The highest BCUT2D eigenvalue weighted by molar-refractivity contribution is 6.17. The lowest BCUT2D eigenvalue weighted by atomic mass is 10.1. The topological polar surface area (TPSA) is 20.3 Å². The second kappa shape index (κ2) is 6.37. The lowest BCUT2D eigenvalue weighted by Crippen LogP contribution is -2.35. The smallest absolute Gasteiger partial charge is 0.222 e. The molecule has 0 unspecified atom stereocenters. The van der Waals surface area contributed by atoms with Crippen molar-refractivity contribution in [3.05, 3.63) is 0 Å². The van der Waals surface area contributed by atoms with E-state index in [0.29, 0.717) is 30.2 Å². The van der Waals surface area contributed by atoms with Gasteiger partial charge in [0.15, 0.2) is 0 Å². The quantitative estimate of drug-likeness (QED) is 0.487. The van der Waals surface area contributed by atoms with E-state index in [2.05, 4.69) is 18.7 Å². The molecule has 0 aromatic heterocycles. The molecule has 15 heavy (non-hydrogen) atoms. The highest BCUT2D eigenvalue weighted by Crippen LogP contribution is 2.28. The summed E-state index contributed by atoms with van der Waals surface area (Å²) < 4.78 is 0. The van der Waals surface area contributed by atoms with Crippen LogP contribution in [0, 0.1) is 5.92 Å². The molecular weight excluding hydrogens is 210 g/mol. The summed E-state index contributed by atoms with van der Waals surface area (Å²) in [6, 6.07) is 0.552. The summed E-state index contributed by atoms with van der Waals surface area (Å²) in [5, 5.41) is 0. The molecule has 0 aliphatic heterocycles. The minimum atomic E-state index is 0.330. The third kappa shape index (κ3) is 4.87. The first-order valence-corrected chi connectivity index (χ1v) is 6.54. The van der Waals surface area contributed by atoms with Crippen molar-refractivity contribution in [2.75, 3.05) is 12.4 Å². The molecule has 0 radical (unpaired) electrons. The van der Waals surface area contributed by atoms with Crippen LogP contribution in [0.4, 0.5) is 0 Å². The van der Waals surface area contributed by atoms with E-state index in [1.165, 1.54) is 12.8 Å². The Hall–Kier alpha value is -0.240.